The second-order valence-corrected chi connectivity index (χ2v) is 6.75. The van der Waals surface area contributed by atoms with Gasteiger partial charge in [0.2, 0.25) is 5.88 Å². The van der Waals surface area contributed by atoms with Gasteiger partial charge in [-0.25, -0.2) is 4.98 Å². The van der Waals surface area contributed by atoms with Gasteiger partial charge in [-0.1, -0.05) is 24.3 Å². The zero-order chi connectivity index (χ0) is 16.9. The van der Waals surface area contributed by atoms with Crippen LogP contribution in [-0.2, 0) is 6.54 Å². The van der Waals surface area contributed by atoms with Crippen molar-refractivity contribution < 1.29 is 4.74 Å². The van der Waals surface area contributed by atoms with Crippen molar-refractivity contribution in [3.8, 4) is 11.6 Å². The summed E-state index contributed by atoms with van der Waals surface area (Å²) in [5, 5.41) is 3.67. The highest BCUT2D eigenvalue weighted by molar-refractivity contribution is 5.43. The Morgan fingerprint density at radius 1 is 1.12 bits per heavy atom. The number of likely N-dealkylation sites (tertiary alicyclic amines) is 1. The lowest BCUT2D eigenvalue weighted by Gasteiger charge is -2.29. The van der Waals surface area contributed by atoms with Gasteiger partial charge in [-0.2, -0.15) is 0 Å². The van der Waals surface area contributed by atoms with Gasteiger partial charge in [-0.15, -0.1) is 0 Å². The first-order valence-corrected chi connectivity index (χ1v) is 8.73. The molecule has 4 heteroatoms. The smallest absolute Gasteiger partial charge is 0.223 e. The van der Waals surface area contributed by atoms with E-state index in [9.17, 15) is 0 Å². The molecule has 0 amide bonds. The van der Waals surface area contributed by atoms with E-state index in [-0.39, 0.29) is 0 Å². The summed E-state index contributed by atoms with van der Waals surface area (Å²) in [7, 11) is 2.19. The summed E-state index contributed by atoms with van der Waals surface area (Å²) in [6.07, 6.45) is 4.19. The Balaban J connectivity index is 1.69. The number of aryl methyl sites for hydroxylation is 2. The average Bonchev–Trinajstić information content (AvgIpc) is 2.59. The van der Waals surface area contributed by atoms with Crippen molar-refractivity contribution in [3.05, 3.63) is 53.2 Å². The highest BCUT2D eigenvalue weighted by Gasteiger charge is 2.17. The summed E-state index contributed by atoms with van der Waals surface area (Å²) < 4.78 is 6.17. The van der Waals surface area contributed by atoms with Crippen LogP contribution in [0.4, 0.5) is 0 Å². The fourth-order valence-corrected chi connectivity index (χ4v) is 3.17. The van der Waals surface area contributed by atoms with Gasteiger partial charge in [0.1, 0.15) is 5.75 Å². The Kier molecular flexibility index (Phi) is 5.48. The van der Waals surface area contributed by atoms with Gasteiger partial charge in [-0.05, 0) is 64.0 Å². The molecule has 0 radical (unpaired) electrons. The molecule has 1 aliphatic rings. The third kappa shape index (κ3) is 4.13. The summed E-state index contributed by atoms with van der Waals surface area (Å²) in [6.45, 7) is 7.26. The maximum atomic E-state index is 6.17. The minimum absolute atomic E-state index is 0.578. The molecule has 1 fully saturated rings. The molecule has 0 aliphatic carbocycles. The molecule has 1 aromatic heterocycles. The van der Waals surface area contributed by atoms with Crippen molar-refractivity contribution in [3.63, 3.8) is 0 Å². The fourth-order valence-electron chi connectivity index (χ4n) is 3.17. The summed E-state index contributed by atoms with van der Waals surface area (Å²) in [4.78, 5) is 6.85. The number of pyridine rings is 1. The number of piperidine rings is 1. The van der Waals surface area contributed by atoms with E-state index in [2.05, 4.69) is 60.4 Å². The molecular formula is C20H27N3O. The second-order valence-electron chi connectivity index (χ2n) is 6.75. The third-order valence-electron chi connectivity index (χ3n) is 4.76. The number of ether oxygens (including phenoxy) is 1. The van der Waals surface area contributed by atoms with Crippen LogP contribution in [0.25, 0.3) is 0 Å². The summed E-state index contributed by atoms with van der Waals surface area (Å²) in [5.41, 5.74) is 3.38. The van der Waals surface area contributed by atoms with Gasteiger partial charge in [0, 0.05) is 24.3 Å². The van der Waals surface area contributed by atoms with Crippen LogP contribution in [0.15, 0.2) is 36.5 Å². The molecule has 128 valence electrons. The Hall–Kier alpha value is -1.91. The molecule has 3 rings (SSSR count). The number of nitrogens with zero attached hydrogens (tertiary/aromatic N) is 2. The minimum atomic E-state index is 0.578. The monoisotopic (exact) mass is 325 g/mol. The van der Waals surface area contributed by atoms with Crippen LogP contribution in [-0.4, -0.2) is 36.1 Å². The molecule has 24 heavy (non-hydrogen) atoms. The van der Waals surface area contributed by atoms with E-state index in [0.29, 0.717) is 11.9 Å². The normalized spacial score (nSPS) is 16.3. The van der Waals surface area contributed by atoms with Gasteiger partial charge >= 0.3 is 0 Å². The van der Waals surface area contributed by atoms with E-state index in [1.54, 1.807) is 6.20 Å². The van der Waals surface area contributed by atoms with Crippen LogP contribution in [0.5, 0.6) is 11.6 Å². The largest absolute Gasteiger partial charge is 0.438 e. The second kappa shape index (κ2) is 7.77. The first kappa shape index (κ1) is 16.9. The van der Waals surface area contributed by atoms with Crippen molar-refractivity contribution in [2.75, 3.05) is 20.1 Å². The van der Waals surface area contributed by atoms with E-state index in [1.165, 1.54) is 12.8 Å². The fraction of sp³-hybridized carbons (Fsp3) is 0.450. The first-order chi connectivity index (χ1) is 11.6. The molecular weight excluding hydrogens is 298 g/mol. The topological polar surface area (TPSA) is 37.4 Å². The van der Waals surface area contributed by atoms with Crippen molar-refractivity contribution in [1.29, 1.82) is 0 Å². The summed E-state index contributed by atoms with van der Waals surface area (Å²) >= 11 is 0. The van der Waals surface area contributed by atoms with E-state index in [0.717, 1.165) is 42.1 Å². The number of benzene rings is 1. The average molecular weight is 325 g/mol. The molecule has 4 nitrogen and oxygen atoms in total. The van der Waals surface area contributed by atoms with Crippen molar-refractivity contribution in [2.45, 2.75) is 39.3 Å². The van der Waals surface area contributed by atoms with Crippen molar-refractivity contribution in [2.24, 2.45) is 0 Å². The van der Waals surface area contributed by atoms with Gasteiger partial charge < -0.3 is 15.0 Å². The lowest BCUT2D eigenvalue weighted by Crippen LogP contribution is -2.40. The van der Waals surface area contributed by atoms with Crippen LogP contribution >= 0.6 is 0 Å². The quantitative estimate of drug-likeness (QED) is 0.910. The molecule has 0 bridgehead atoms. The molecule has 0 unspecified atom stereocenters. The molecule has 1 saturated heterocycles. The maximum absolute atomic E-state index is 6.17. The van der Waals surface area contributed by atoms with E-state index in [1.807, 2.05) is 6.07 Å². The maximum Gasteiger partial charge on any atom is 0.223 e. The molecule has 1 N–H and O–H groups in total. The Labute approximate surface area is 144 Å². The highest BCUT2D eigenvalue weighted by Crippen LogP contribution is 2.29. The number of aromatic nitrogens is 1. The summed E-state index contributed by atoms with van der Waals surface area (Å²) in [5.74, 6) is 1.62. The zero-order valence-corrected chi connectivity index (χ0v) is 14.9. The third-order valence-corrected chi connectivity index (χ3v) is 4.76. The van der Waals surface area contributed by atoms with Crippen molar-refractivity contribution in [1.82, 2.24) is 15.2 Å². The number of para-hydroxylation sites is 1. The Bertz CT molecular complexity index is 658. The number of hydrogen-bond donors (Lipinski definition) is 1. The SMILES string of the molecule is Cc1cccc(C)c1Oc1ncccc1CNC1CCN(C)CC1. The van der Waals surface area contributed by atoms with Crippen LogP contribution in [0, 0.1) is 13.8 Å². The standard InChI is InChI=1S/C20H27N3O/c1-15-6-4-7-16(2)19(15)24-20-17(8-5-11-21-20)14-22-18-9-12-23(3)13-10-18/h4-8,11,18,22H,9-10,12-14H2,1-3H3. The lowest BCUT2D eigenvalue weighted by molar-refractivity contribution is 0.233. The predicted octanol–water partition coefficient (Wildman–Crippen LogP) is 3.67. The Morgan fingerprint density at radius 3 is 2.54 bits per heavy atom. The number of hydrogen-bond acceptors (Lipinski definition) is 4. The molecule has 0 saturated carbocycles. The molecule has 2 aromatic rings. The molecule has 0 spiro atoms. The molecule has 1 aromatic carbocycles. The van der Waals surface area contributed by atoms with Gasteiger partial charge in [0.15, 0.2) is 0 Å². The van der Waals surface area contributed by atoms with E-state index < -0.39 is 0 Å². The van der Waals surface area contributed by atoms with Crippen molar-refractivity contribution >= 4 is 0 Å². The van der Waals surface area contributed by atoms with Gasteiger partial charge in [0.25, 0.3) is 0 Å². The van der Waals surface area contributed by atoms with Crippen LogP contribution in [0.3, 0.4) is 0 Å². The van der Waals surface area contributed by atoms with Crippen LogP contribution in [0.2, 0.25) is 0 Å². The van der Waals surface area contributed by atoms with Crippen LogP contribution in [0.1, 0.15) is 29.5 Å². The Morgan fingerprint density at radius 2 is 1.83 bits per heavy atom. The van der Waals surface area contributed by atoms with E-state index in [4.69, 9.17) is 4.74 Å². The van der Waals surface area contributed by atoms with Gasteiger partial charge in [-0.3, -0.25) is 0 Å². The molecule has 1 aliphatic heterocycles. The minimum Gasteiger partial charge on any atom is -0.438 e. The number of nitrogens with one attached hydrogen (secondary N) is 1. The van der Waals surface area contributed by atoms with Gasteiger partial charge in [0.05, 0.1) is 0 Å². The van der Waals surface area contributed by atoms with Crippen LogP contribution < -0.4 is 10.1 Å². The summed E-state index contributed by atoms with van der Waals surface area (Å²) in [6, 6.07) is 10.8. The number of rotatable bonds is 5. The highest BCUT2D eigenvalue weighted by atomic mass is 16.5. The lowest BCUT2D eigenvalue weighted by atomic mass is 10.1. The first-order valence-electron chi connectivity index (χ1n) is 8.73. The zero-order valence-electron chi connectivity index (χ0n) is 14.9. The molecule has 2 heterocycles. The molecule has 0 atom stereocenters. The van der Waals surface area contributed by atoms with E-state index >= 15 is 0 Å². The predicted molar refractivity (Wildman–Crippen MR) is 97.6 cm³/mol.